The van der Waals surface area contributed by atoms with Crippen molar-refractivity contribution in [3.63, 3.8) is 0 Å². The van der Waals surface area contributed by atoms with Crippen molar-refractivity contribution in [3.05, 3.63) is 120 Å². The van der Waals surface area contributed by atoms with Gasteiger partial charge in [0.05, 0.1) is 0 Å². The summed E-state index contributed by atoms with van der Waals surface area (Å²) in [7, 11) is 9.28. The molecule has 4 heteroatoms. The molecule has 0 atom stereocenters. The molecule has 0 fully saturated rings. The fourth-order valence-corrected chi connectivity index (χ4v) is 6.64. The van der Waals surface area contributed by atoms with E-state index < -0.39 is 25.0 Å². The van der Waals surface area contributed by atoms with E-state index in [0.29, 0.717) is 0 Å². The first-order valence-electron chi connectivity index (χ1n) is 11.6. The summed E-state index contributed by atoms with van der Waals surface area (Å²) >= 11 is -0.556. The zero-order valence-corrected chi connectivity index (χ0v) is 24.9. The maximum atomic E-state index is 4.89. The Hall–Kier alpha value is -1.53. The minimum atomic E-state index is -0.556. The van der Waals surface area contributed by atoms with Gasteiger partial charge in [-0.15, -0.1) is 47.3 Å². The quantitative estimate of drug-likeness (QED) is 0.135. The molecule has 4 aromatic rings. The molecule has 0 bridgehead atoms. The molecule has 0 aromatic heterocycles. The maximum Gasteiger partial charge on any atom is -0.0166 e. The van der Waals surface area contributed by atoms with Crippen LogP contribution >= 0.6 is 26.5 Å². The molecule has 0 unspecified atom stereocenters. The Labute approximate surface area is 228 Å². The van der Waals surface area contributed by atoms with E-state index in [2.05, 4.69) is 138 Å². The molecular weight excluding hydrogens is 522 g/mol. The molecule has 0 aliphatic heterocycles. The summed E-state index contributed by atoms with van der Waals surface area (Å²) < 4.78 is 0. The standard InChI is InChI=1S/C21H16P.C10H15.2ClH.Ti/c1-3-11-19(12-4-1)22(20-13-5-2-6-14-20)21-15-17-9-7-8-10-18(17)16-21;1-7-6-10(4,5)9(3)8(7)2;;;/h1-16H;1-5H3;2*1H;/q2*-1;;;+2/p-2. The molecule has 180 valence electrons. The molecule has 0 heterocycles. The topological polar surface area (TPSA) is 0 Å². The van der Waals surface area contributed by atoms with Gasteiger partial charge in [0.15, 0.2) is 0 Å². The second-order valence-electron chi connectivity index (χ2n) is 9.05. The predicted octanol–water partition coefficient (Wildman–Crippen LogP) is 8.81. The summed E-state index contributed by atoms with van der Waals surface area (Å²) in [5, 5.41) is 6.89. The van der Waals surface area contributed by atoms with Gasteiger partial charge < -0.3 is 0 Å². The zero-order chi connectivity index (χ0) is 25.4. The SMILES string of the molecule is CC1=[C-]C(C)(C)C(C)=C1C.[Cl][Ti][Cl].c1ccc(P(c2ccccc2)c2cc3ccccc3[cH-]2)cc1. The monoisotopic (exact) mass is 552 g/mol. The van der Waals surface area contributed by atoms with E-state index in [4.69, 9.17) is 18.6 Å². The van der Waals surface area contributed by atoms with Crippen molar-refractivity contribution >= 4 is 53.2 Å². The van der Waals surface area contributed by atoms with E-state index in [9.17, 15) is 0 Å². The number of hydrogen-bond acceptors (Lipinski definition) is 0. The van der Waals surface area contributed by atoms with E-state index in [1.165, 1.54) is 43.4 Å². The average Bonchev–Trinajstić information content (AvgIpc) is 3.35. The number of fused-ring (bicyclic) bond motifs is 1. The Morgan fingerprint density at radius 2 is 1.26 bits per heavy atom. The van der Waals surface area contributed by atoms with E-state index in [1.807, 2.05) is 0 Å². The molecule has 0 saturated heterocycles. The van der Waals surface area contributed by atoms with E-state index >= 15 is 0 Å². The van der Waals surface area contributed by atoms with Crippen LogP contribution in [0.25, 0.3) is 10.8 Å². The van der Waals surface area contributed by atoms with E-state index in [1.54, 1.807) is 0 Å². The first kappa shape index (κ1) is 28.1. The van der Waals surface area contributed by atoms with Gasteiger partial charge >= 0.3 is 35.6 Å². The minimum Gasteiger partial charge on any atom is -0.160 e. The van der Waals surface area contributed by atoms with Crippen LogP contribution in [0.4, 0.5) is 0 Å². The molecule has 0 nitrogen and oxygen atoms in total. The van der Waals surface area contributed by atoms with Crippen LogP contribution in [0.2, 0.25) is 0 Å². The van der Waals surface area contributed by atoms with Crippen molar-refractivity contribution in [3.8, 4) is 0 Å². The van der Waals surface area contributed by atoms with Crippen LogP contribution in [0.15, 0.2) is 114 Å². The summed E-state index contributed by atoms with van der Waals surface area (Å²) in [4.78, 5) is 0. The molecular formula is C31H31Cl2PTi-2. The number of benzene rings is 3. The molecule has 0 N–H and O–H groups in total. The van der Waals surface area contributed by atoms with Crippen molar-refractivity contribution in [2.24, 2.45) is 5.41 Å². The van der Waals surface area contributed by atoms with Crippen LogP contribution in [0.5, 0.6) is 0 Å². The minimum absolute atomic E-state index is 0.189. The van der Waals surface area contributed by atoms with Gasteiger partial charge in [0.2, 0.25) is 0 Å². The summed E-state index contributed by atoms with van der Waals surface area (Å²) in [5.41, 5.74) is 4.39. The van der Waals surface area contributed by atoms with Crippen molar-refractivity contribution < 1.29 is 17.0 Å². The number of allylic oxidation sites excluding steroid dienone is 4. The Bertz CT molecular complexity index is 1210. The van der Waals surface area contributed by atoms with Crippen LogP contribution in [-0.2, 0) is 17.0 Å². The normalized spacial score (nSPS) is 14.1. The number of hydrogen-bond donors (Lipinski definition) is 0. The Balaban J connectivity index is 0.000000221. The van der Waals surface area contributed by atoms with Crippen LogP contribution in [-0.4, -0.2) is 0 Å². The van der Waals surface area contributed by atoms with Crippen LogP contribution < -0.4 is 15.9 Å². The van der Waals surface area contributed by atoms with Crippen LogP contribution in [0, 0.1) is 11.5 Å². The van der Waals surface area contributed by atoms with E-state index in [0.717, 1.165) is 0 Å². The molecule has 1 aliphatic carbocycles. The molecule has 5 rings (SSSR count). The van der Waals surface area contributed by atoms with Gasteiger partial charge in [-0.1, -0.05) is 99.8 Å². The Kier molecular flexibility index (Phi) is 10.5. The smallest absolute Gasteiger partial charge is 0.0166 e. The van der Waals surface area contributed by atoms with Gasteiger partial charge in [0.1, 0.15) is 0 Å². The summed E-state index contributed by atoms with van der Waals surface area (Å²) in [6, 6.07) is 35.0. The predicted molar refractivity (Wildman–Crippen MR) is 155 cm³/mol. The summed E-state index contributed by atoms with van der Waals surface area (Å²) in [5.74, 6) is 0. The summed E-state index contributed by atoms with van der Waals surface area (Å²) in [6.07, 6.45) is 3.44. The van der Waals surface area contributed by atoms with Gasteiger partial charge in [-0.05, 0) is 18.5 Å². The third-order valence-corrected chi connectivity index (χ3v) is 8.86. The largest absolute Gasteiger partial charge is 0.160 e. The van der Waals surface area contributed by atoms with Crippen molar-refractivity contribution in [1.82, 2.24) is 0 Å². The summed E-state index contributed by atoms with van der Waals surface area (Å²) in [6.45, 7) is 10.9. The first-order valence-corrected chi connectivity index (χ1v) is 17.2. The maximum absolute atomic E-state index is 4.89. The molecule has 0 spiro atoms. The third-order valence-electron chi connectivity index (χ3n) is 6.45. The molecule has 0 amide bonds. The number of halogens is 2. The molecule has 0 saturated carbocycles. The Morgan fingerprint density at radius 3 is 1.66 bits per heavy atom. The fraction of sp³-hybridized carbons (Fsp3) is 0.194. The van der Waals surface area contributed by atoms with Gasteiger partial charge in [-0.3, -0.25) is 6.08 Å². The third kappa shape index (κ3) is 7.25. The van der Waals surface area contributed by atoms with Crippen molar-refractivity contribution in [1.29, 1.82) is 0 Å². The fourth-order valence-electron chi connectivity index (χ4n) is 4.27. The van der Waals surface area contributed by atoms with Gasteiger partial charge in [0, 0.05) is 0 Å². The first-order chi connectivity index (χ1) is 16.8. The molecule has 1 aliphatic rings. The molecule has 0 radical (unpaired) electrons. The van der Waals surface area contributed by atoms with Crippen molar-refractivity contribution in [2.45, 2.75) is 34.6 Å². The average molecular weight is 553 g/mol. The second kappa shape index (κ2) is 13.1. The van der Waals surface area contributed by atoms with E-state index in [-0.39, 0.29) is 5.41 Å². The van der Waals surface area contributed by atoms with Gasteiger partial charge in [0.25, 0.3) is 0 Å². The molecule has 4 aromatic carbocycles. The zero-order valence-electron chi connectivity index (χ0n) is 20.9. The second-order valence-corrected chi connectivity index (χ2v) is 13.8. The Morgan fingerprint density at radius 1 is 0.771 bits per heavy atom. The number of rotatable bonds is 3. The van der Waals surface area contributed by atoms with Crippen LogP contribution in [0.1, 0.15) is 34.6 Å². The van der Waals surface area contributed by atoms with Crippen LogP contribution in [0.3, 0.4) is 0 Å². The van der Waals surface area contributed by atoms with Crippen molar-refractivity contribution in [2.75, 3.05) is 0 Å². The molecule has 35 heavy (non-hydrogen) atoms. The van der Waals surface area contributed by atoms with Gasteiger partial charge in [-0.2, -0.15) is 17.2 Å². The van der Waals surface area contributed by atoms with Gasteiger partial charge in [-0.25, -0.2) is 5.57 Å².